The highest BCUT2D eigenvalue weighted by atomic mass is 127. The fourth-order valence-electron chi connectivity index (χ4n) is 4.07. The number of carbonyl (C=O) groups excluding carboxylic acids is 1. The van der Waals surface area contributed by atoms with Crippen LogP contribution < -0.4 is 10.2 Å². The number of nitrogens with one attached hydrogen (secondary N) is 1. The number of esters is 1. The van der Waals surface area contributed by atoms with Crippen molar-refractivity contribution in [2.24, 2.45) is 16.8 Å². The van der Waals surface area contributed by atoms with Gasteiger partial charge in [0.2, 0.25) is 0 Å². The Morgan fingerprint density at radius 2 is 1.93 bits per heavy atom. The second-order valence-electron chi connectivity index (χ2n) is 7.64. The third-order valence-electron chi connectivity index (χ3n) is 5.73. The van der Waals surface area contributed by atoms with Gasteiger partial charge in [0.15, 0.2) is 17.6 Å². The van der Waals surface area contributed by atoms with Crippen LogP contribution in [0.15, 0.2) is 23.2 Å². The number of aliphatic imine (C=N–C) groups is 1. The normalized spacial score (nSPS) is 20.1. The molecular formula is C21H31F2IN4O2. The maximum absolute atomic E-state index is 13.5. The van der Waals surface area contributed by atoms with Gasteiger partial charge in [-0.1, -0.05) is 0 Å². The maximum atomic E-state index is 13.5. The summed E-state index contributed by atoms with van der Waals surface area (Å²) in [7, 11) is 1.77. The lowest BCUT2D eigenvalue weighted by molar-refractivity contribution is -0.149. The van der Waals surface area contributed by atoms with E-state index in [0.717, 1.165) is 63.6 Å². The number of nitrogens with zero attached hydrogens (tertiary/aromatic N) is 3. The molecule has 0 amide bonds. The van der Waals surface area contributed by atoms with Crippen molar-refractivity contribution >= 4 is 41.6 Å². The molecule has 3 rings (SSSR count). The van der Waals surface area contributed by atoms with Gasteiger partial charge in [0.05, 0.1) is 12.5 Å². The summed E-state index contributed by atoms with van der Waals surface area (Å²) in [6.45, 7) is 6.18. The quantitative estimate of drug-likeness (QED) is 0.271. The number of benzene rings is 1. The molecule has 168 valence electrons. The Kier molecular flexibility index (Phi) is 9.57. The second kappa shape index (κ2) is 11.7. The fraction of sp³-hybridized carbons (Fsp3) is 0.619. The minimum Gasteiger partial charge on any atom is -0.466 e. The van der Waals surface area contributed by atoms with Crippen molar-refractivity contribution in [3.8, 4) is 0 Å². The Bertz CT molecular complexity index is 742. The molecule has 2 heterocycles. The van der Waals surface area contributed by atoms with Crippen LogP contribution in [0.3, 0.4) is 0 Å². The molecule has 0 aliphatic carbocycles. The molecule has 0 radical (unpaired) electrons. The van der Waals surface area contributed by atoms with Crippen molar-refractivity contribution in [2.75, 3.05) is 51.3 Å². The third kappa shape index (κ3) is 6.18. The first-order valence-corrected chi connectivity index (χ1v) is 10.3. The summed E-state index contributed by atoms with van der Waals surface area (Å²) >= 11 is 0. The van der Waals surface area contributed by atoms with Gasteiger partial charge in [0.25, 0.3) is 0 Å². The molecule has 0 spiro atoms. The minimum absolute atomic E-state index is 0. The minimum atomic E-state index is -0.818. The average molecular weight is 536 g/mol. The molecule has 2 fully saturated rings. The number of ether oxygens (including phenoxy) is 1. The standard InChI is InChI=1S/C21H30F2N4O2.HI/c1-3-29-20(28)16-7-10-26(11-8-16)21(24-2)25-13-15-6-9-27(14-15)17-4-5-18(22)19(23)12-17;/h4-5,12,15-16H,3,6-11,13-14H2,1-2H3,(H,24,25);1H. The Balaban J connectivity index is 0.00000320. The highest BCUT2D eigenvalue weighted by Crippen LogP contribution is 2.25. The van der Waals surface area contributed by atoms with Crippen LogP contribution >= 0.6 is 24.0 Å². The number of anilines is 1. The molecule has 0 bridgehead atoms. The summed E-state index contributed by atoms with van der Waals surface area (Å²) < 4.78 is 31.8. The summed E-state index contributed by atoms with van der Waals surface area (Å²) in [5, 5.41) is 3.44. The van der Waals surface area contributed by atoms with E-state index in [1.807, 2.05) is 6.92 Å². The van der Waals surface area contributed by atoms with Crippen LogP contribution in [0.2, 0.25) is 0 Å². The van der Waals surface area contributed by atoms with Gasteiger partial charge in [-0.05, 0) is 44.2 Å². The van der Waals surface area contributed by atoms with E-state index in [2.05, 4.69) is 20.1 Å². The summed E-state index contributed by atoms with van der Waals surface area (Å²) in [5.41, 5.74) is 0.719. The summed E-state index contributed by atoms with van der Waals surface area (Å²) in [6.07, 6.45) is 2.52. The van der Waals surface area contributed by atoms with Crippen molar-refractivity contribution in [3.63, 3.8) is 0 Å². The van der Waals surface area contributed by atoms with Gasteiger partial charge in [0.1, 0.15) is 0 Å². The highest BCUT2D eigenvalue weighted by Gasteiger charge is 2.28. The number of hydrogen-bond donors (Lipinski definition) is 1. The molecule has 30 heavy (non-hydrogen) atoms. The first-order valence-electron chi connectivity index (χ1n) is 10.3. The molecule has 0 saturated carbocycles. The van der Waals surface area contributed by atoms with Crippen LogP contribution in [-0.2, 0) is 9.53 Å². The van der Waals surface area contributed by atoms with E-state index in [1.165, 1.54) is 12.1 Å². The molecule has 0 aromatic heterocycles. The molecule has 1 N–H and O–H groups in total. The lowest BCUT2D eigenvalue weighted by atomic mass is 9.97. The van der Waals surface area contributed by atoms with Crippen molar-refractivity contribution in [2.45, 2.75) is 26.2 Å². The van der Waals surface area contributed by atoms with Crippen molar-refractivity contribution in [1.29, 1.82) is 0 Å². The molecule has 1 aromatic carbocycles. The zero-order valence-electron chi connectivity index (χ0n) is 17.6. The fourth-order valence-corrected chi connectivity index (χ4v) is 4.07. The number of guanidine groups is 1. The van der Waals surface area contributed by atoms with Gasteiger partial charge in [0, 0.05) is 51.5 Å². The van der Waals surface area contributed by atoms with Gasteiger partial charge < -0.3 is 19.9 Å². The molecule has 9 heteroatoms. The Labute approximate surface area is 194 Å². The van der Waals surface area contributed by atoms with E-state index in [0.29, 0.717) is 12.5 Å². The van der Waals surface area contributed by atoms with E-state index < -0.39 is 11.6 Å². The van der Waals surface area contributed by atoms with Crippen LogP contribution in [0.4, 0.5) is 14.5 Å². The largest absolute Gasteiger partial charge is 0.466 e. The second-order valence-corrected chi connectivity index (χ2v) is 7.64. The molecule has 2 saturated heterocycles. The topological polar surface area (TPSA) is 57.2 Å². The highest BCUT2D eigenvalue weighted by molar-refractivity contribution is 14.0. The number of carbonyl (C=O) groups is 1. The number of likely N-dealkylation sites (tertiary alicyclic amines) is 1. The molecule has 1 aromatic rings. The van der Waals surface area contributed by atoms with Gasteiger partial charge in [-0.25, -0.2) is 8.78 Å². The zero-order chi connectivity index (χ0) is 20.8. The monoisotopic (exact) mass is 536 g/mol. The van der Waals surface area contributed by atoms with Gasteiger partial charge in [-0.2, -0.15) is 0 Å². The van der Waals surface area contributed by atoms with Crippen molar-refractivity contribution < 1.29 is 18.3 Å². The third-order valence-corrected chi connectivity index (χ3v) is 5.73. The maximum Gasteiger partial charge on any atom is 0.309 e. The summed E-state index contributed by atoms with van der Waals surface area (Å²) in [5.74, 6) is -0.505. The predicted octanol–water partition coefficient (Wildman–Crippen LogP) is 3.26. The van der Waals surface area contributed by atoms with Crippen LogP contribution in [0, 0.1) is 23.5 Å². The Morgan fingerprint density at radius 1 is 1.20 bits per heavy atom. The van der Waals surface area contributed by atoms with Crippen LogP contribution in [0.1, 0.15) is 26.2 Å². The van der Waals surface area contributed by atoms with Gasteiger partial charge >= 0.3 is 5.97 Å². The van der Waals surface area contributed by atoms with E-state index in [4.69, 9.17) is 4.74 Å². The lowest BCUT2D eigenvalue weighted by Crippen LogP contribution is -2.47. The van der Waals surface area contributed by atoms with E-state index in [1.54, 1.807) is 13.1 Å². The SMILES string of the molecule is CCOC(=O)C1CCN(C(=NC)NCC2CCN(c3ccc(F)c(F)c3)C2)CC1.I. The van der Waals surface area contributed by atoms with Gasteiger partial charge in [-0.15, -0.1) is 24.0 Å². The number of hydrogen-bond acceptors (Lipinski definition) is 4. The van der Waals surface area contributed by atoms with Crippen molar-refractivity contribution in [3.05, 3.63) is 29.8 Å². The Morgan fingerprint density at radius 3 is 2.57 bits per heavy atom. The van der Waals surface area contributed by atoms with Gasteiger partial charge in [-0.3, -0.25) is 9.79 Å². The summed E-state index contributed by atoms with van der Waals surface area (Å²) in [6, 6.07) is 4.07. The number of rotatable bonds is 5. The van der Waals surface area contributed by atoms with E-state index >= 15 is 0 Å². The Hall–Kier alpha value is -1.65. The van der Waals surface area contributed by atoms with Crippen LogP contribution in [0.5, 0.6) is 0 Å². The molecular weight excluding hydrogens is 505 g/mol. The summed E-state index contributed by atoms with van der Waals surface area (Å²) in [4.78, 5) is 20.5. The zero-order valence-corrected chi connectivity index (χ0v) is 19.9. The molecule has 1 unspecified atom stereocenters. The molecule has 2 aliphatic rings. The van der Waals surface area contributed by atoms with Crippen LogP contribution in [0.25, 0.3) is 0 Å². The van der Waals surface area contributed by atoms with Crippen molar-refractivity contribution in [1.82, 2.24) is 10.2 Å². The molecule has 1 atom stereocenters. The van der Waals surface area contributed by atoms with E-state index in [-0.39, 0.29) is 35.9 Å². The first kappa shape index (κ1) is 24.6. The molecule has 6 nitrogen and oxygen atoms in total. The first-order chi connectivity index (χ1) is 14.0. The lowest BCUT2D eigenvalue weighted by Gasteiger charge is -2.33. The van der Waals surface area contributed by atoms with Crippen LogP contribution in [-0.4, -0.2) is 63.2 Å². The number of halogens is 3. The van der Waals surface area contributed by atoms with E-state index in [9.17, 15) is 13.6 Å². The molecule has 2 aliphatic heterocycles. The smallest absolute Gasteiger partial charge is 0.309 e. The predicted molar refractivity (Wildman–Crippen MR) is 124 cm³/mol. The average Bonchev–Trinajstić information content (AvgIpc) is 3.20. The number of piperidine rings is 1.